The number of nitrogens with two attached hydrogens (primary N) is 1. The van der Waals surface area contributed by atoms with E-state index in [0.29, 0.717) is 0 Å². The summed E-state index contributed by atoms with van der Waals surface area (Å²) in [6.45, 7) is 0. The largest absolute Gasteiger partial charge is 1.00 e. The fourth-order valence-electron chi connectivity index (χ4n) is 0.692. The van der Waals surface area contributed by atoms with Gasteiger partial charge in [0.2, 0.25) is 0 Å². The molecule has 0 bridgehead atoms. The Labute approximate surface area is 98.9 Å². The molecule has 7 heteroatoms. The Morgan fingerprint density at radius 3 is 2.38 bits per heavy atom. The SMILES string of the molecule is Nc1ccccc1OP(=O)(O)O.[H-].[Na+]. The molecular formula is C6H9NNaO4P. The molecule has 0 spiro atoms. The third-order valence-corrected chi connectivity index (χ3v) is 1.57. The van der Waals surface area contributed by atoms with Crippen LogP contribution in [-0.4, -0.2) is 9.79 Å². The van der Waals surface area contributed by atoms with E-state index >= 15 is 0 Å². The Hall–Kier alpha value is -0.0300. The molecule has 0 fully saturated rings. The fraction of sp³-hybridized carbons (Fsp3) is 0. The first-order valence-corrected chi connectivity index (χ1v) is 4.62. The zero-order chi connectivity index (χ0) is 9.19. The van der Waals surface area contributed by atoms with Crippen molar-refractivity contribution in [3.05, 3.63) is 24.3 Å². The van der Waals surface area contributed by atoms with Crippen LogP contribution in [-0.2, 0) is 4.57 Å². The van der Waals surface area contributed by atoms with Gasteiger partial charge in [-0.25, -0.2) is 4.57 Å². The monoisotopic (exact) mass is 213 g/mol. The molecule has 1 aromatic carbocycles. The Kier molecular flexibility index (Phi) is 4.99. The van der Waals surface area contributed by atoms with E-state index in [2.05, 4.69) is 4.52 Å². The molecule has 1 aromatic rings. The van der Waals surface area contributed by atoms with Crippen molar-refractivity contribution in [2.24, 2.45) is 0 Å². The normalized spacial score (nSPS) is 10.3. The molecule has 1 rings (SSSR count). The van der Waals surface area contributed by atoms with Crippen LogP contribution in [0.4, 0.5) is 5.69 Å². The van der Waals surface area contributed by atoms with Crippen LogP contribution in [0.2, 0.25) is 0 Å². The maximum absolute atomic E-state index is 10.4. The molecule has 0 atom stereocenters. The molecule has 0 heterocycles. The van der Waals surface area contributed by atoms with Gasteiger partial charge in [-0.1, -0.05) is 12.1 Å². The molecule has 0 saturated heterocycles. The molecule has 0 aromatic heterocycles. The van der Waals surface area contributed by atoms with Crippen molar-refractivity contribution < 1.29 is 49.9 Å². The molecule has 0 aliphatic carbocycles. The molecule has 68 valence electrons. The zero-order valence-electron chi connectivity index (χ0n) is 8.04. The Bertz CT molecular complexity index is 331. The second-order valence-electron chi connectivity index (χ2n) is 2.12. The number of para-hydroxylation sites is 2. The van der Waals surface area contributed by atoms with Gasteiger partial charge in [-0.05, 0) is 12.1 Å². The minimum Gasteiger partial charge on any atom is -1.00 e. The molecule has 4 N–H and O–H groups in total. The van der Waals surface area contributed by atoms with Gasteiger partial charge < -0.3 is 11.7 Å². The summed E-state index contributed by atoms with van der Waals surface area (Å²) < 4.78 is 14.6. The molecule has 0 unspecified atom stereocenters. The summed E-state index contributed by atoms with van der Waals surface area (Å²) in [5.41, 5.74) is 5.55. The van der Waals surface area contributed by atoms with Crippen molar-refractivity contribution in [2.75, 3.05) is 5.73 Å². The van der Waals surface area contributed by atoms with Gasteiger partial charge in [0.05, 0.1) is 5.69 Å². The van der Waals surface area contributed by atoms with E-state index < -0.39 is 7.82 Å². The van der Waals surface area contributed by atoms with Gasteiger partial charge in [0.15, 0.2) is 5.75 Å². The summed E-state index contributed by atoms with van der Waals surface area (Å²) in [5, 5.41) is 0. The van der Waals surface area contributed by atoms with E-state index in [0.717, 1.165) is 0 Å². The topological polar surface area (TPSA) is 92.8 Å². The molecule has 13 heavy (non-hydrogen) atoms. The zero-order valence-corrected chi connectivity index (χ0v) is 9.94. The molecular weight excluding hydrogens is 204 g/mol. The number of hydrogen-bond acceptors (Lipinski definition) is 3. The second-order valence-corrected chi connectivity index (χ2v) is 3.28. The van der Waals surface area contributed by atoms with Crippen LogP contribution in [0.5, 0.6) is 5.75 Å². The minimum atomic E-state index is -4.49. The Morgan fingerprint density at radius 2 is 1.92 bits per heavy atom. The molecule has 0 aliphatic heterocycles. The first-order valence-electron chi connectivity index (χ1n) is 3.09. The van der Waals surface area contributed by atoms with Crippen molar-refractivity contribution in [1.82, 2.24) is 0 Å². The number of hydrogen-bond donors (Lipinski definition) is 3. The molecule has 0 saturated carbocycles. The van der Waals surface area contributed by atoms with Crippen LogP contribution in [0.1, 0.15) is 1.43 Å². The van der Waals surface area contributed by atoms with E-state index in [-0.39, 0.29) is 42.4 Å². The third kappa shape index (κ3) is 4.67. The summed E-state index contributed by atoms with van der Waals surface area (Å²) in [6, 6.07) is 6.09. The summed E-state index contributed by atoms with van der Waals surface area (Å²) in [6.07, 6.45) is 0. The average Bonchev–Trinajstić information content (AvgIpc) is 1.91. The van der Waals surface area contributed by atoms with Gasteiger partial charge in [0.1, 0.15) is 0 Å². The van der Waals surface area contributed by atoms with Gasteiger partial charge in [0, 0.05) is 0 Å². The van der Waals surface area contributed by atoms with Crippen LogP contribution < -0.4 is 39.8 Å². The number of benzene rings is 1. The second kappa shape index (κ2) is 5.00. The number of rotatable bonds is 2. The van der Waals surface area contributed by atoms with Crippen LogP contribution in [0.25, 0.3) is 0 Å². The van der Waals surface area contributed by atoms with Gasteiger partial charge in [-0.15, -0.1) is 0 Å². The number of nitrogen functional groups attached to an aromatic ring is 1. The van der Waals surface area contributed by atoms with Crippen molar-refractivity contribution in [3.63, 3.8) is 0 Å². The standard InChI is InChI=1S/C6H8NO4P.Na.H/c7-5-3-1-2-4-6(5)11-12(8,9)10;;/h1-4H,7H2,(H2,8,9,10);;/q;+1;-1. The predicted molar refractivity (Wildman–Crippen MR) is 44.6 cm³/mol. The van der Waals surface area contributed by atoms with E-state index in [9.17, 15) is 4.57 Å². The summed E-state index contributed by atoms with van der Waals surface area (Å²) in [4.78, 5) is 16.9. The van der Waals surface area contributed by atoms with Crippen molar-refractivity contribution in [3.8, 4) is 5.75 Å². The third-order valence-electron chi connectivity index (χ3n) is 1.14. The summed E-state index contributed by atoms with van der Waals surface area (Å²) >= 11 is 0. The van der Waals surface area contributed by atoms with Gasteiger partial charge in [-0.3, -0.25) is 9.79 Å². The van der Waals surface area contributed by atoms with Crippen LogP contribution in [0.3, 0.4) is 0 Å². The van der Waals surface area contributed by atoms with Crippen molar-refractivity contribution in [2.45, 2.75) is 0 Å². The Balaban J connectivity index is 0. The van der Waals surface area contributed by atoms with Crippen molar-refractivity contribution >= 4 is 13.5 Å². The predicted octanol–water partition coefficient (Wildman–Crippen LogP) is -2.14. The van der Waals surface area contributed by atoms with E-state index in [1.165, 1.54) is 12.1 Å². The summed E-state index contributed by atoms with van der Waals surface area (Å²) in [5.74, 6) is -0.00849. The van der Waals surface area contributed by atoms with Crippen LogP contribution >= 0.6 is 7.82 Å². The first kappa shape index (κ1) is 13.0. The minimum absolute atomic E-state index is 0. The van der Waals surface area contributed by atoms with Crippen LogP contribution in [0, 0.1) is 0 Å². The quantitative estimate of drug-likeness (QED) is 0.296. The van der Waals surface area contributed by atoms with E-state index in [1.54, 1.807) is 12.1 Å². The van der Waals surface area contributed by atoms with E-state index in [1.807, 2.05) is 0 Å². The summed E-state index contributed by atoms with van der Waals surface area (Å²) in [7, 11) is -4.49. The average molecular weight is 213 g/mol. The maximum Gasteiger partial charge on any atom is 1.00 e. The van der Waals surface area contributed by atoms with Crippen LogP contribution in [0.15, 0.2) is 24.3 Å². The smallest absolute Gasteiger partial charge is 1.00 e. The number of phosphoric acid groups is 1. The fourth-order valence-corrected chi connectivity index (χ4v) is 1.11. The van der Waals surface area contributed by atoms with E-state index in [4.69, 9.17) is 15.5 Å². The number of anilines is 1. The van der Waals surface area contributed by atoms with Crippen molar-refractivity contribution in [1.29, 1.82) is 0 Å². The number of phosphoric ester groups is 1. The molecule has 0 amide bonds. The molecule has 0 radical (unpaired) electrons. The van der Waals surface area contributed by atoms with Gasteiger partial charge in [0.25, 0.3) is 0 Å². The molecule has 0 aliphatic rings. The first-order chi connectivity index (χ1) is 5.49. The molecule has 5 nitrogen and oxygen atoms in total. The Morgan fingerprint density at radius 1 is 1.38 bits per heavy atom. The maximum atomic E-state index is 10.4. The van der Waals surface area contributed by atoms with Gasteiger partial charge in [-0.2, -0.15) is 0 Å². The van der Waals surface area contributed by atoms with Gasteiger partial charge >= 0.3 is 37.4 Å².